The Bertz CT molecular complexity index is 1630. The number of imidazole rings is 1. The number of benzene rings is 3. The maximum absolute atomic E-state index is 12.8. The molecule has 0 radical (unpaired) electrons. The fourth-order valence-corrected chi connectivity index (χ4v) is 4.96. The average Bonchev–Trinajstić information content (AvgIpc) is 3.26. The number of nitrogens with zero attached hydrogens (tertiary/aromatic N) is 2. The zero-order chi connectivity index (χ0) is 28.4. The summed E-state index contributed by atoms with van der Waals surface area (Å²) in [5.74, 6) is -1.31. The molecule has 2 amide bonds. The minimum absolute atomic E-state index is 0.0134. The van der Waals surface area contributed by atoms with Crippen LogP contribution in [0, 0.1) is 6.92 Å². The number of amides is 2. The maximum Gasteiger partial charge on any atom is 0.454 e. The van der Waals surface area contributed by atoms with Gasteiger partial charge in [0.1, 0.15) is 5.82 Å². The van der Waals surface area contributed by atoms with Crippen LogP contribution in [0.2, 0.25) is 0 Å². The fraction of sp³-hybridized carbons (Fsp3) is 0.222. The molecular weight excluding hydrogens is 533 g/mol. The number of rotatable bonds is 8. The molecule has 1 heterocycles. The van der Waals surface area contributed by atoms with E-state index in [1.807, 2.05) is 47.4 Å². The van der Waals surface area contributed by atoms with Crippen molar-refractivity contribution >= 4 is 32.9 Å². The second-order valence-electron chi connectivity index (χ2n) is 8.84. The molecular formula is C27H25F3N4O4S. The van der Waals surface area contributed by atoms with E-state index >= 15 is 0 Å². The van der Waals surface area contributed by atoms with Gasteiger partial charge in [-0.05, 0) is 61.4 Å². The van der Waals surface area contributed by atoms with E-state index < -0.39 is 33.6 Å². The Kier molecular flexibility index (Phi) is 7.77. The van der Waals surface area contributed by atoms with Crippen LogP contribution >= 0.6 is 0 Å². The number of carbonyl (C=O) groups is 2. The second kappa shape index (κ2) is 10.9. The van der Waals surface area contributed by atoms with E-state index in [0.29, 0.717) is 24.2 Å². The summed E-state index contributed by atoms with van der Waals surface area (Å²) in [6, 6.07) is 16.3. The lowest BCUT2D eigenvalue weighted by molar-refractivity contribution is -0.0885. The normalized spacial score (nSPS) is 11.9. The standard InChI is InChI=1S/C27H25F3N4O4S/c1-3-24-32-22-16-19(25(35)27(28,29)30)8-13-23(22)34(24)20-9-6-18(7-10-20)14-15-31-26(36)33-39(37,38)21-11-4-17(2)5-12-21/h4-13,16H,3,14-15H2,1-2H3,(H2,31,33,36). The van der Waals surface area contributed by atoms with E-state index in [2.05, 4.69) is 10.3 Å². The molecule has 0 saturated heterocycles. The highest BCUT2D eigenvalue weighted by Gasteiger charge is 2.39. The van der Waals surface area contributed by atoms with Gasteiger partial charge in [-0.2, -0.15) is 13.2 Å². The van der Waals surface area contributed by atoms with E-state index in [1.165, 1.54) is 18.2 Å². The predicted molar refractivity (Wildman–Crippen MR) is 139 cm³/mol. The first-order valence-electron chi connectivity index (χ1n) is 12.0. The van der Waals surface area contributed by atoms with Crippen molar-refractivity contribution in [3.63, 3.8) is 0 Å². The van der Waals surface area contributed by atoms with Gasteiger partial charge in [0.05, 0.1) is 15.9 Å². The first-order valence-corrected chi connectivity index (χ1v) is 13.5. The van der Waals surface area contributed by atoms with Gasteiger partial charge in [0.25, 0.3) is 15.8 Å². The summed E-state index contributed by atoms with van der Waals surface area (Å²) in [5.41, 5.74) is 2.85. The van der Waals surface area contributed by atoms with Gasteiger partial charge in [-0.25, -0.2) is 22.9 Å². The van der Waals surface area contributed by atoms with Crippen LogP contribution in [-0.2, 0) is 22.9 Å². The number of Topliss-reactive ketones (excluding diaryl/α,β-unsaturated/α-hetero) is 1. The molecule has 0 unspecified atom stereocenters. The maximum atomic E-state index is 12.8. The van der Waals surface area contributed by atoms with Crippen molar-refractivity contribution in [2.24, 2.45) is 0 Å². The fourth-order valence-electron chi connectivity index (χ4n) is 4.03. The largest absolute Gasteiger partial charge is 0.454 e. The second-order valence-corrected chi connectivity index (χ2v) is 10.5. The Morgan fingerprint density at radius 1 is 0.974 bits per heavy atom. The molecule has 0 saturated carbocycles. The predicted octanol–water partition coefficient (Wildman–Crippen LogP) is 4.87. The molecule has 0 aliphatic carbocycles. The summed E-state index contributed by atoms with van der Waals surface area (Å²) in [7, 11) is -3.99. The van der Waals surface area contributed by atoms with Crippen LogP contribution < -0.4 is 10.0 Å². The van der Waals surface area contributed by atoms with Crippen molar-refractivity contribution in [3.8, 4) is 5.69 Å². The minimum Gasteiger partial charge on any atom is -0.337 e. The molecule has 204 valence electrons. The van der Waals surface area contributed by atoms with Gasteiger partial charge < -0.3 is 5.32 Å². The number of fused-ring (bicyclic) bond motifs is 1. The van der Waals surface area contributed by atoms with Crippen molar-refractivity contribution in [2.45, 2.75) is 37.8 Å². The van der Waals surface area contributed by atoms with Crippen molar-refractivity contribution in [2.75, 3.05) is 6.54 Å². The number of aromatic nitrogens is 2. The average molecular weight is 559 g/mol. The van der Waals surface area contributed by atoms with Crippen LogP contribution in [0.1, 0.15) is 34.2 Å². The Balaban J connectivity index is 1.42. The van der Waals surface area contributed by atoms with Gasteiger partial charge in [-0.1, -0.05) is 36.8 Å². The summed E-state index contributed by atoms with van der Waals surface area (Å²) in [6.07, 6.45) is -4.04. The van der Waals surface area contributed by atoms with E-state index in [9.17, 15) is 31.2 Å². The molecule has 39 heavy (non-hydrogen) atoms. The van der Waals surface area contributed by atoms with Crippen LogP contribution in [0.25, 0.3) is 16.7 Å². The molecule has 8 nitrogen and oxygen atoms in total. The van der Waals surface area contributed by atoms with Gasteiger partial charge >= 0.3 is 12.2 Å². The minimum atomic E-state index is -4.97. The number of hydrogen-bond donors (Lipinski definition) is 2. The summed E-state index contributed by atoms with van der Waals surface area (Å²) in [4.78, 5) is 28.2. The SMILES string of the molecule is CCc1nc2cc(C(=O)C(F)(F)F)ccc2n1-c1ccc(CCNC(=O)NS(=O)(=O)c2ccc(C)cc2)cc1. The summed E-state index contributed by atoms with van der Waals surface area (Å²) < 4.78 is 67.0. The molecule has 0 spiro atoms. The van der Waals surface area contributed by atoms with Crippen LogP contribution in [0.15, 0.2) is 71.6 Å². The molecule has 1 aromatic heterocycles. The molecule has 12 heteroatoms. The van der Waals surface area contributed by atoms with Gasteiger partial charge in [-0.15, -0.1) is 0 Å². The Morgan fingerprint density at radius 3 is 2.26 bits per heavy atom. The quantitative estimate of drug-likeness (QED) is 0.300. The van der Waals surface area contributed by atoms with E-state index in [0.717, 1.165) is 28.9 Å². The van der Waals surface area contributed by atoms with Crippen molar-refractivity contribution in [3.05, 3.63) is 89.2 Å². The molecule has 0 atom stereocenters. The lowest BCUT2D eigenvalue weighted by Crippen LogP contribution is -2.40. The first-order chi connectivity index (χ1) is 18.4. The number of ketones is 1. The van der Waals surface area contributed by atoms with Crippen LogP contribution in [0.4, 0.5) is 18.0 Å². The van der Waals surface area contributed by atoms with E-state index in [1.54, 1.807) is 12.1 Å². The third kappa shape index (κ3) is 6.28. The number of alkyl halides is 3. The number of carbonyl (C=O) groups excluding carboxylic acids is 2. The molecule has 4 aromatic rings. The smallest absolute Gasteiger partial charge is 0.337 e. The first kappa shape index (κ1) is 27.8. The molecule has 0 fully saturated rings. The number of nitrogens with one attached hydrogen (secondary N) is 2. The van der Waals surface area contributed by atoms with Crippen molar-refractivity contribution in [1.82, 2.24) is 19.6 Å². The van der Waals surface area contributed by atoms with Crippen molar-refractivity contribution < 1.29 is 31.2 Å². The number of urea groups is 1. The molecule has 3 aromatic carbocycles. The van der Waals surface area contributed by atoms with Crippen molar-refractivity contribution in [1.29, 1.82) is 0 Å². The highest BCUT2D eigenvalue weighted by atomic mass is 32.2. The molecule has 0 aliphatic heterocycles. The van der Waals surface area contributed by atoms with Gasteiger partial charge in [0.15, 0.2) is 0 Å². The lowest BCUT2D eigenvalue weighted by atomic mass is 10.1. The lowest BCUT2D eigenvalue weighted by Gasteiger charge is -2.11. The molecule has 2 N–H and O–H groups in total. The van der Waals surface area contributed by atoms with Crippen LogP contribution in [0.3, 0.4) is 0 Å². The van der Waals surface area contributed by atoms with Gasteiger partial charge in [0, 0.05) is 24.2 Å². The highest BCUT2D eigenvalue weighted by molar-refractivity contribution is 7.90. The number of sulfonamides is 1. The Hall–Kier alpha value is -4.19. The third-order valence-corrected chi connectivity index (χ3v) is 7.36. The van der Waals surface area contributed by atoms with E-state index in [4.69, 9.17) is 0 Å². The topological polar surface area (TPSA) is 110 Å². The van der Waals surface area contributed by atoms with Gasteiger partial charge in [-0.3, -0.25) is 9.36 Å². The Morgan fingerprint density at radius 2 is 1.64 bits per heavy atom. The van der Waals surface area contributed by atoms with Crippen LogP contribution in [-0.4, -0.2) is 42.5 Å². The van der Waals surface area contributed by atoms with Gasteiger partial charge in [0.2, 0.25) is 0 Å². The number of aryl methyl sites for hydroxylation is 2. The summed E-state index contributed by atoms with van der Waals surface area (Å²) >= 11 is 0. The summed E-state index contributed by atoms with van der Waals surface area (Å²) in [6.45, 7) is 3.87. The molecule has 0 aliphatic rings. The zero-order valence-electron chi connectivity index (χ0n) is 21.0. The molecule has 0 bridgehead atoms. The van der Waals surface area contributed by atoms with Crippen LogP contribution in [0.5, 0.6) is 0 Å². The van der Waals surface area contributed by atoms with E-state index in [-0.39, 0.29) is 17.0 Å². The number of hydrogen-bond acceptors (Lipinski definition) is 5. The number of halogens is 3. The molecule has 4 rings (SSSR count). The highest BCUT2D eigenvalue weighted by Crippen LogP contribution is 2.27. The monoisotopic (exact) mass is 558 g/mol. The zero-order valence-corrected chi connectivity index (χ0v) is 21.9. The third-order valence-electron chi connectivity index (χ3n) is 6.01. The summed E-state index contributed by atoms with van der Waals surface area (Å²) in [5, 5.41) is 2.53. The Labute approximate surface area is 222 Å².